The van der Waals surface area contributed by atoms with Crippen molar-refractivity contribution in [2.45, 2.75) is 6.54 Å². The van der Waals surface area contributed by atoms with Gasteiger partial charge in [-0.2, -0.15) is 0 Å². The summed E-state index contributed by atoms with van der Waals surface area (Å²) in [5.74, 6) is 0.289. The Morgan fingerprint density at radius 3 is 2.96 bits per heavy atom. The van der Waals surface area contributed by atoms with Crippen LogP contribution in [-0.4, -0.2) is 25.4 Å². The third-order valence-corrected chi connectivity index (χ3v) is 3.31. The Morgan fingerprint density at radius 2 is 2.12 bits per heavy atom. The monoisotopic (exact) mass is 323 g/mol. The zero-order valence-corrected chi connectivity index (χ0v) is 12.5. The average molecular weight is 323 g/mol. The number of non-ortho nitro benzene ring substituents is 1. The fraction of sp³-hybridized carbons (Fsp3) is 0.0625. The van der Waals surface area contributed by atoms with Gasteiger partial charge in [-0.15, -0.1) is 10.2 Å². The topological polar surface area (TPSA) is 102 Å². The Kier molecular flexibility index (Phi) is 4.28. The van der Waals surface area contributed by atoms with Gasteiger partial charge in [-0.25, -0.2) is 0 Å². The molecule has 0 aliphatic rings. The van der Waals surface area contributed by atoms with Gasteiger partial charge < -0.3 is 5.32 Å². The Bertz CT molecular complexity index is 932. The quantitative estimate of drug-likeness (QED) is 0.439. The van der Waals surface area contributed by atoms with Gasteiger partial charge in [-0.1, -0.05) is 18.2 Å². The number of hydrogen-bond donors (Lipinski definition) is 1. The highest BCUT2D eigenvalue weighted by molar-refractivity contribution is 5.91. The number of carbonyl (C=O) groups is 1. The van der Waals surface area contributed by atoms with Gasteiger partial charge in [0.25, 0.3) is 5.69 Å². The van der Waals surface area contributed by atoms with E-state index in [4.69, 9.17) is 0 Å². The molecule has 0 radical (unpaired) electrons. The number of nitrogens with zero attached hydrogens (tertiary/aromatic N) is 4. The minimum atomic E-state index is -0.478. The molecule has 120 valence electrons. The molecule has 3 rings (SSSR count). The summed E-state index contributed by atoms with van der Waals surface area (Å²) in [6, 6.07) is 11.6. The molecule has 0 bridgehead atoms. The third-order valence-electron chi connectivity index (χ3n) is 3.31. The van der Waals surface area contributed by atoms with Crippen LogP contribution < -0.4 is 5.32 Å². The van der Waals surface area contributed by atoms with Crippen molar-refractivity contribution < 1.29 is 9.72 Å². The van der Waals surface area contributed by atoms with Gasteiger partial charge in [0.1, 0.15) is 0 Å². The van der Waals surface area contributed by atoms with Crippen LogP contribution in [0.1, 0.15) is 11.4 Å². The first-order valence-corrected chi connectivity index (χ1v) is 7.12. The summed E-state index contributed by atoms with van der Waals surface area (Å²) in [5, 5.41) is 21.4. The summed E-state index contributed by atoms with van der Waals surface area (Å²) in [7, 11) is 0. The fourth-order valence-electron chi connectivity index (χ4n) is 2.15. The first-order valence-electron chi connectivity index (χ1n) is 7.12. The van der Waals surface area contributed by atoms with Crippen LogP contribution in [0.15, 0.2) is 54.7 Å². The van der Waals surface area contributed by atoms with Crippen LogP contribution in [-0.2, 0) is 11.3 Å². The Hall–Kier alpha value is -3.55. The minimum absolute atomic E-state index is 0.0208. The standard InChI is InChI=1S/C16H13N5O3/c22-16(8-7-12-4-3-5-13(10-12)21(23)24)17-11-15-19-18-14-6-1-2-9-20(14)15/h1-10H,11H2,(H,17,22)/b8-7+. The van der Waals surface area contributed by atoms with E-state index in [0.717, 1.165) is 0 Å². The number of amides is 1. The molecular weight excluding hydrogens is 310 g/mol. The van der Waals surface area contributed by atoms with Crippen molar-refractivity contribution in [2.75, 3.05) is 0 Å². The highest BCUT2D eigenvalue weighted by atomic mass is 16.6. The number of hydrogen-bond acceptors (Lipinski definition) is 5. The molecule has 2 aromatic heterocycles. The van der Waals surface area contributed by atoms with Crippen LogP contribution in [0.4, 0.5) is 5.69 Å². The summed E-state index contributed by atoms with van der Waals surface area (Å²) in [4.78, 5) is 22.1. The van der Waals surface area contributed by atoms with E-state index in [1.54, 1.807) is 16.5 Å². The molecule has 8 heteroatoms. The maximum absolute atomic E-state index is 11.9. The first-order chi connectivity index (χ1) is 11.6. The number of nitro groups is 1. The van der Waals surface area contributed by atoms with Crippen molar-refractivity contribution in [2.24, 2.45) is 0 Å². The van der Waals surface area contributed by atoms with Crippen molar-refractivity contribution in [1.82, 2.24) is 19.9 Å². The SMILES string of the molecule is O=C(/C=C/c1cccc([N+](=O)[O-])c1)NCc1nnc2ccccn12. The number of fused-ring (bicyclic) bond motifs is 1. The van der Waals surface area contributed by atoms with Gasteiger partial charge in [-0.05, 0) is 23.8 Å². The maximum Gasteiger partial charge on any atom is 0.270 e. The third kappa shape index (κ3) is 3.43. The lowest BCUT2D eigenvalue weighted by Gasteiger charge is -2.01. The lowest BCUT2D eigenvalue weighted by atomic mass is 10.2. The van der Waals surface area contributed by atoms with Crippen LogP contribution in [0.25, 0.3) is 11.7 Å². The molecule has 0 saturated heterocycles. The zero-order chi connectivity index (χ0) is 16.9. The Balaban J connectivity index is 1.63. The van der Waals surface area contributed by atoms with Crippen molar-refractivity contribution in [1.29, 1.82) is 0 Å². The lowest BCUT2D eigenvalue weighted by Crippen LogP contribution is -2.21. The van der Waals surface area contributed by atoms with Gasteiger partial charge in [0.15, 0.2) is 11.5 Å². The zero-order valence-electron chi connectivity index (χ0n) is 12.5. The van der Waals surface area contributed by atoms with E-state index in [9.17, 15) is 14.9 Å². The second-order valence-electron chi connectivity index (χ2n) is 4.95. The summed E-state index contributed by atoms with van der Waals surface area (Å²) in [5.41, 5.74) is 1.26. The molecule has 0 atom stereocenters. The molecule has 3 aromatic rings. The highest BCUT2D eigenvalue weighted by Gasteiger charge is 2.06. The van der Waals surface area contributed by atoms with Crippen LogP contribution in [0.3, 0.4) is 0 Å². The summed E-state index contributed by atoms with van der Waals surface area (Å²) < 4.78 is 1.78. The van der Waals surface area contributed by atoms with Gasteiger partial charge in [0, 0.05) is 24.4 Å². The van der Waals surface area contributed by atoms with E-state index in [2.05, 4.69) is 15.5 Å². The molecular formula is C16H13N5O3. The van der Waals surface area contributed by atoms with E-state index in [0.29, 0.717) is 17.0 Å². The van der Waals surface area contributed by atoms with Gasteiger partial charge in [0.2, 0.25) is 5.91 Å². The van der Waals surface area contributed by atoms with Crippen molar-refractivity contribution in [3.05, 3.63) is 76.2 Å². The first kappa shape index (κ1) is 15.3. The van der Waals surface area contributed by atoms with E-state index < -0.39 is 4.92 Å². The number of pyridine rings is 1. The number of aromatic nitrogens is 3. The van der Waals surface area contributed by atoms with Gasteiger partial charge in [0.05, 0.1) is 11.5 Å². The Labute approximate surface area is 136 Å². The molecule has 0 aliphatic carbocycles. The van der Waals surface area contributed by atoms with Crippen LogP contribution in [0.5, 0.6) is 0 Å². The molecule has 0 saturated carbocycles. The number of rotatable bonds is 5. The van der Waals surface area contributed by atoms with Gasteiger partial charge in [-0.3, -0.25) is 19.3 Å². The second kappa shape index (κ2) is 6.69. The predicted molar refractivity (Wildman–Crippen MR) is 87.0 cm³/mol. The average Bonchev–Trinajstić information content (AvgIpc) is 3.01. The number of nitro benzene ring substituents is 1. The largest absolute Gasteiger partial charge is 0.345 e. The molecule has 1 N–H and O–H groups in total. The van der Waals surface area contributed by atoms with Crippen molar-refractivity contribution >= 4 is 23.3 Å². The fourth-order valence-corrected chi connectivity index (χ4v) is 2.15. The number of nitrogens with one attached hydrogen (secondary N) is 1. The summed E-state index contributed by atoms with van der Waals surface area (Å²) >= 11 is 0. The van der Waals surface area contributed by atoms with Crippen LogP contribution >= 0.6 is 0 Å². The minimum Gasteiger partial charge on any atom is -0.345 e. The predicted octanol–water partition coefficient (Wildman–Crippen LogP) is 1.97. The maximum atomic E-state index is 11.9. The normalized spacial score (nSPS) is 11.0. The summed E-state index contributed by atoms with van der Waals surface area (Å²) in [6.07, 6.45) is 4.66. The Morgan fingerprint density at radius 1 is 1.25 bits per heavy atom. The molecule has 8 nitrogen and oxygen atoms in total. The van der Waals surface area contributed by atoms with Gasteiger partial charge >= 0.3 is 0 Å². The van der Waals surface area contributed by atoms with Crippen molar-refractivity contribution in [3.8, 4) is 0 Å². The molecule has 1 amide bonds. The summed E-state index contributed by atoms with van der Waals surface area (Å²) in [6.45, 7) is 0.225. The molecule has 0 unspecified atom stereocenters. The van der Waals surface area contributed by atoms with Crippen LogP contribution in [0, 0.1) is 10.1 Å². The molecule has 1 aromatic carbocycles. The molecule has 0 aliphatic heterocycles. The second-order valence-corrected chi connectivity index (χ2v) is 4.95. The molecule has 0 spiro atoms. The van der Waals surface area contributed by atoms with E-state index in [-0.39, 0.29) is 18.1 Å². The molecule has 24 heavy (non-hydrogen) atoms. The number of carbonyl (C=O) groups excluding carboxylic acids is 1. The lowest BCUT2D eigenvalue weighted by molar-refractivity contribution is -0.384. The molecule has 0 fully saturated rings. The highest BCUT2D eigenvalue weighted by Crippen LogP contribution is 2.14. The number of benzene rings is 1. The van der Waals surface area contributed by atoms with E-state index in [1.807, 2.05) is 24.4 Å². The molecule has 2 heterocycles. The van der Waals surface area contributed by atoms with E-state index >= 15 is 0 Å². The van der Waals surface area contributed by atoms with Crippen LogP contribution in [0.2, 0.25) is 0 Å². The van der Waals surface area contributed by atoms with Crippen molar-refractivity contribution in [3.63, 3.8) is 0 Å². The smallest absolute Gasteiger partial charge is 0.270 e. The van der Waals surface area contributed by atoms with E-state index in [1.165, 1.54) is 24.3 Å².